The van der Waals surface area contributed by atoms with Gasteiger partial charge in [-0.2, -0.15) is 15.0 Å². The predicted molar refractivity (Wildman–Crippen MR) is 86.1 cm³/mol. The molecular formula is C14H21N5OS. The largest absolute Gasteiger partial charge is 0.461 e. The molecule has 1 unspecified atom stereocenters. The van der Waals surface area contributed by atoms with Gasteiger partial charge in [-0.25, -0.2) is 0 Å². The molecule has 2 N–H and O–H groups in total. The van der Waals surface area contributed by atoms with Gasteiger partial charge < -0.3 is 15.4 Å². The fraction of sp³-hybridized carbons (Fsp3) is 0.500. The minimum atomic E-state index is 0.0180. The first-order chi connectivity index (χ1) is 10.1. The van der Waals surface area contributed by atoms with E-state index in [1.807, 2.05) is 26.8 Å². The van der Waals surface area contributed by atoms with E-state index in [1.165, 1.54) is 4.88 Å². The van der Waals surface area contributed by atoms with Crippen molar-refractivity contribution in [2.45, 2.75) is 39.8 Å². The average molecular weight is 307 g/mol. The van der Waals surface area contributed by atoms with Crippen LogP contribution in [0.1, 0.15) is 38.6 Å². The highest BCUT2D eigenvalue weighted by Gasteiger charge is 2.12. The molecule has 0 saturated carbocycles. The fourth-order valence-corrected chi connectivity index (χ4v) is 2.46. The van der Waals surface area contributed by atoms with Gasteiger partial charge in [0.2, 0.25) is 11.9 Å². The lowest BCUT2D eigenvalue weighted by molar-refractivity contribution is 0.222. The second-order valence-corrected chi connectivity index (χ2v) is 5.82. The minimum absolute atomic E-state index is 0.0180. The third-order valence-corrected chi connectivity index (χ3v) is 3.66. The molecule has 1 atom stereocenters. The molecule has 2 rings (SSSR count). The smallest absolute Gasteiger partial charge is 0.323 e. The van der Waals surface area contributed by atoms with Crippen LogP contribution in [0.25, 0.3) is 0 Å². The second-order valence-electron chi connectivity index (χ2n) is 4.84. The van der Waals surface area contributed by atoms with E-state index >= 15 is 0 Å². The first kappa shape index (κ1) is 15.5. The minimum Gasteiger partial charge on any atom is -0.461 e. The van der Waals surface area contributed by atoms with E-state index in [9.17, 15) is 0 Å². The third kappa shape index (κ3) is 4.56. The SMILES string of the molecule is CCNc1nc(NC(C)c2cccs2)nc(OC(C)C)n1. The van der Waals surface area contributed by atoms with Crippen LogP contribution >= 0.6 is 11.3 Å². The Morgan fingerprint density at radius 3 is 2.57 bits per heavy atom. The zero-order chi connectivity index (χ0) is 15.2. The van der Waals surface area contributed by atoms with Gasteiger partial charge in [0.25, 0.3) is 0 Å². The van der Waals surface area contributed by atoms with Crippen LogP contribution in [0.4, 0.5) is 11.9 Å². The lowest BCUT2D eigenvalue weighted by Crippen LogP contribution is -2.15. The van der Waals surface area contributed by atoms with Crippen LogP contribution in [0, 0.1) is 0 Å². The first-order valence-electron chi connectivity index (χ1n) is 7.05. The average Bonchev–Trinajstić information content (AvgIpc) is 2.91. The molecule has 0 saturated heterocycles. The Morgan fingerprint density at radius 2 is 1.95 bits per heavy atom. The molecule has 2 aromatic rings. The van der Waals surface area contributed by atoms with E-state index in [1.54, 1.807) is 11.3 Å². The summed E-state index contributed by atoms with van der Waals surface area (Å²) in [5, 5.41) is 8.43. The van der Waals surface area contributed by atoms with E-state index in [4.69, 9.17) is 4.74 Å². The number of aromatic nitrogens is 3. The molecule has 0 aliphatic heterocycles. The number of hydrogen-bond donors (Lipinski definition) is 2. The Bertz CT molecular complexity index is 558. The number of hydrogen-bond acceptors (Lipinski definition) is 7. The Balaban J connectivity index is 2.18. The summed E-state index contributed by atoms with van der Waals surface area (Å²) < 4.78 is 5.57. The van der Waals surface area contributed by atoms with Gasteiger partial charge in [-0.15, -0.1) is 11.3 Å². The van der Waals surface area contributed by atoms with Gasteiger partial charge in [0.15, 0.2) is 0 Å². The lowest BCUT2D eigenvalue weighted by Gasteiger charge is -2.14. The topological polar surface area (TPSA) is 72.0 Å². The first-order valence-corrected chi connectivity index (χ1v) is 7.93. The maximum Gasteiger partial charge on any atom is 0.323 e. The van der Waals surface area contributed by atoms with E-state index in [2.05, 4.69) is 44.0 Å². The van der Waals surface area contributed by atoms with Gasteiger partial charge in [0.1, 0.15) is 0 Å². The Labute approximate surface area is 129 Å². The Kier molecular flexibility index (Phi) is 5.32. The molecule has 0 amide bonds. The van der Waals surface area contributed by atoms with Crippen molar-refractivity contribution in [2.24, 2.45) is 0 Å². The number of ether oxygens (including phenoxy) is 1. The molecular weight excluding hydrogens is 286 g/mol. The second kappa shape index (κ2) is 7.21. The van der Waals surface area contributed by atoms with E-state index in [0.29, 0.717) is 17.9 Å². The summed E-state index contributed by atoms with van der Waals surface area (Å²) in [5.41, 5.74) is 0. The van der Waals surface area contributed by atoms with Gasteiger partial charge >= 0.3 is 6.01 Å². The summed E-state index contributed by atoms with van der Waals surface area (Å²) in [6.07, 6.45) is 0.0180. The van der Waals surface area contributed by atoms with E-state index < -0.39 is 0 Å². The Morgan fingerprint density at radius 1 is 1.19 bits per heavy atom. The molecule has 7 heteroatoms. The summed E-state index contributed by atoms with van der Waals surface area (Å²) in [7, 11) is 0. The number of thiophene rings is 1. The quantitative estimate of drug-likeness (QED) is 0.817. The highest BCUT2D eigenvalue weighted by atomic mass is 32.1. The third-order valence-electron chi connectivity index (χ3n) is 2.61. The lowest BCUT2D eigenvalue weighted by atomic mass is 10.3. The van der Waals surface area contributed by atoms with E-state index in [0.717, 1.165) is 6.54 Å². The van der Waals surface area contributed by atoms with Crippen molar-refractivity contribution >= 4 is 23.2 Å². The summed E-state index contributed by atoms with van der Waals surface area (Å²) in [4.78, 5) is 14.1. The van der Waals surface area contributed by atoms with Crippen LogP contribution in [0.15, 0.2) is 17.5 Å². The summed E-state index contributed by atoms with van der Waals surface area (Å²) in [5.74, 6) is 1.03. The zero-order valence-corrected chi connectivity index (χ0v) is 13.6. The molecule has 0 aromatic carbocycles. The van der Waals surface area contributed by atoms with Gasteiger partial charge in [0.05, 0.1) is 12.1 Å². The maximum atomic E-state index is 5.57. The van der Waals surface area contributed by atoms with Gasteiger partial charge in [-0.05, 0) is 39.1 Å². The van der Waals surface area contributed by atoms with E-state index in [-0.39, 0.29) is 12.1 Å². The van der Waals surface area contributed by atoms with Crippen molar-refractivity contribution < 1.29 is 4.74 Å². The molecule has 114 valence electrons. The molecule has 0 fully saturated rings. The number of anilines is 2. The van der Waals surface area contributed by atoms with Crippen molar-refractivity contribution in [1.29, 1.82) is 0 Å². The summed E-state index contributed by atoms with van der Waals surface area (Å²) in [6, 6.07) is 4.58. The van der Waals surface area contributed by atoms with Crippen molar-refractivity contribution in [3.05, 3.63) is 22.4 Å². The number of nitrogens with one attached hydrogen (secondary N) is 2. The molecule has 0 bridgehead atoms. The number of nitrogens with zero attached hydrogens (tertiary/aromatic N) is 3. The molecule has 21 heavy (non-hydrogen) atoms. The highest BCUT2D eigenvalue weighted by Crippen LogP contribution is 2.22. The predicted octanol–water partition coefficient (Wildman–Crippen LogP) is 3.33. The molecule has 6 nitrogen and oxygen atoms in total. The van der Waals surface area contributed by atoms with Gasteiger partial charge in [-0.3, -0.25) is 0 Å². The molecule has 0 spiro atoms. The monoisotopic (exact) mass is 307 g/mol. The van der Waals surface area contributed by atoms with Gasteiger partial charge in [0, 0.05) is 11.4 Å². The van der Waals surface area contributed by atoms with Crippen LogP contribution in [-0.2, 0) is 0 Å². The van der Waals surface area contributed by atoms with Crippen LogP contribution in [-0.4, -0.2) is 27.6 Å². The zero-order valence-electron chi connectivity index (χ0n) is 12.8. The van der Waals surface area contributed by atoms with Gasteiger partial charge in [-0.1, -0.05) is 6.07 Å². The highest BCUT2D eigenvalue weighted by molar-refractivity contribution is 7.10. The summed E-state index contributed by atoms with van der Waals surface area (Å²) >= 11 is 1.70. The van der Waals surface area contributed by atoms with Crippen molar-refractivity contribution in [3.8, 4) is 6.01 Å². The molecule has 2 heterocycles. The standard InChI is InChI=1S/C14H21N5OS/c1-5-15-12-17-13(19-14(18-12)20-9(2)3)16-10(4)11-7-6-8-21-11/h6-10H,5H2,1-4H3,(H2,15,16,17,18,19). The summed E-state index contributed by atoms with van der Waals surface area (Å²) in [6.45, 7) is 8.70. The van der Waals surface area contributed by atoms with Crippen molar-refractivity contribution in [2.75, 3.05) is 17.2 Å². The molecule has 0 aliphatic carbocycles. The van der Waals surface area contributed by atoms with Crippen LogP contribution in [0.5, 0.6) is 6.01 Å². The van der Waals surface area contributed by atoms with Crippen LogP contribution < -0.4 is 15.4 Å². The van der Waals surface area contributed by atoms with Crippen LogP contribution in [0.2, 0.25) is 0 Å². The molecule has 0 aliphatic rings. The maximum absolute atomic E-state index is 5.57. The normalized spacial score (nSPS) is 12.2. The Hall–Kier alpha value is -1.89. The van der Waals surface area contributed by atoms with Crippen LogP contribution in [0.3, 0.4) is 0 Å². The van der Waals surface area contributed by atoms with Crippen molar-refractivity contribution in [3.63, 3.8) is 0 Å². The molecule has 2 aromatic heterocycles. The van der Waals surface area contributed by atoms with Crippen molar-refractivity contribution in [1.82, 2.24) is 15.0 Å². The molecule has 0 radical (unpaired) electrons. The fourth-order valence-electron chi connectivity index (χ4n) is 1.72. The number of rotatable bonds is 7.